The fourth-order valence-electron chi connectivity index (χ4n) is 2.47. The van der Waals surface area contributed by atoms with Gasteiger partial charge in [0.25, 0.3) is 0 Å². The number of esters is 1. The fraction of sp³-hybridized carbons (Fsp3) is 0.533. The van der Waals surface area contributed by atoms with Gasteiger partial charge in [-0.3, -0.25) is 0 Å². The van der Waals surface area contributed by atoms with Crippen LogP contribution in [0.25, 0.3) is 0 Å². The normalized spacial score (nSPS) is 31.8. The molecule has 4 N–H and O–H groups in total. The highest BCUT2D eigenvalue weighted by Crippen LogP contribution is 2.24. The molecule has 7 nitrogen and oxygen atoms in total. The van der Waals surface area contributed by atoms with Gasteiger partial charge in [0.2, 0.25) is 6.29 Å². The Labute approximate surface area is 127 Å². The summed E-state index contributed by atoms with van der Waals surface area (Å²) in [5, 5.41) is 38.3. The molecule has 0 bridgehead atoms. The molecule has 0 saturated carbocycles. The van der Waals surface area contributed by atoms with Gasteiger partial charge in [-0.15, -0.1) is 0 Å². The molecule has 0 amide bonds. The van der Waals surface area contributed by atoms with Gasteiger partial charge in [0.05, 0.1) is 12.2 Å². The summed E-state index contributed by atoms with van der Waals surface area (Å²) in [5.74, 6) is -0.708. The lowest BCUT2D eigenvalue weighted by atomic mass is 9.99. The molecule has 1 aromatic rings. The van der Waals surface area contributed by atoms with E-state index in [1.165, 1.54) is 0 Å². The third kappa shape index (κ3) is 3.13. The lowest BCUT2D eigenvalue weighted by Gasteiger charge is -2.39. The van der Waals surface area contributed by atoms with Crippen LogP contribution in [0.15, 0.2) is 18.2 Å². The van der Waals surface area contributed by atoms with E-state index in [0.29, 0.717) is 16.7 Å². The number of carbonyl (C=O) groups excluding carboxylic acids is 1. The Morgan fingerprint density at radius 2 is 1.73 bits per heavy atom. The summed E-state index contributed by atoms with van der Waals surface area (Å²) in [4.78, 5) is 12.3. The molecule has 0 spiro atoms. The van der Waals surface area contributed by atoms with Crippen LogP contribution >= 0.6 is 0 Å². The monoisotopic (exact) mass is 312 g/mol. The Kier molecular flexibility index (Phi) is 5.15. The van der Waals surface area contributed by atoms with Crippen LogP contribution in [0.1, 0.15) is 21.5 Å². The van der Waals surface area contributed by atoms with Crippen molar-refractivity contribution in [3.8, 4) is 0 Å². The minimum Gasteiger partial charge on any atom is -0.429 e. The topological polar surface area (TPSA) is 116 Å². The van der Waals surface area contributed by atoms with Crippen LogP contribution in [0.5, 0.6) is 0 Å². The zero-order chi connectivity index (χ0) is 16.4. The molecule has 122 valence electrons. The van der Waals surface area contributed by atoms with Crippen molar-refractivity contribution in [2.24, 2.45) is 0 Å². The first kappa shape index (κ1) is 16.9. The molecular formula is C15H20O7. The van der Waals surface area contributed by atoms with Crippen molar-refractivity contribution in [3.63, 3.8) is 0 Å². The standard InChI is InChI=1S/C15H20O7/c1-7-4-3-5-8(2)10(7)14(20)22-15-13(19)12(18)11(17)9(6-16)21-15/h3-5,9,11-13,15-19H,6H2,1-2H3/t9-,11-,12+,13-,15+/m1/s1. The van der Waals surface area contributed by atoms with Crippen molar-refractivity contribution in [2.75, 3.05) is 6.61 Å². The average molecular weight is 312 g/mol. The number of carbonyl (C=O) groups is 1. The van der Waals surface area contributed by atoms with Crippen LogP contribution in [0.3, 0.4) is 0 Å². The number of rotatable bonds is 3. The van der Waals surface area contributed by atoms with Gasteiger partial charge in [0.1, 0.15) is 24.4 Å². The van der Waals surface area contributed by atoms with Crippen LogP contribution in [0, 0.1) is 13.8 Å². The maximum atomic E-state index is 12.3. The van der Waals surface area contributed by atoms with E-state index < -0.39 is 43.3 Å². The molecule has 0 unspecified atom stereocenters. The Morgan fingerprint density at radius 3 is 2.27 bits per heavy atom. The molecule has 1 fully saturated rings. The maximum absolute atomic E-state index is 12.3. The van der Waals surface area contributed by atoms with Gasteiger partial charge in [-0.2, -0.15) is 0 Å². The molecule has 2 rings (SSSR count). The number of aliphatic hydroxyl groups is 4. The fourth-order valence-corrected chi connectivity index (χ4v) is 2.47. The van der Waals surface area contributed by atoms with Crippen molar-refractivity contribution in [1.29, 1.82) is 0 Å². The second kappa shape index (κ2) is 6.72. The number of hydrogen-bond donors (Lipinski definition) is 4. The number of hydrogen-bond acceptors (Lipinski definition) is 7. The van der Waals surface area contributed by atoms with E-state index in [4.69, 9.17) is 14.6 Å². The summed E-state index contributed by atoms with van der Waals surface area (Å²) < 4.78 is 10.3. The van der Waals surface area contributed by atoms with Gasteiger partial charge in [-0.05, 0) is 25.0 Å². The smallest absolute Gasteiger partial charge is 0.341 e. The first-order valence-electron chi connectivity index (χ1n) is 6.94. The van der Waals surface area contributed by atoms with E-state index in [0.717, 1.165) is 0 Å². The Balaban J connectivity index is 2.17. The largest absolute Gasteiger partial charge is 0.429 e. The summed E-state index contributed by atoms with van der Waals surface area (Å²) in [6.45, 7) is 2.91. The first-order valence-corrected chi connectivity index (χ1v) is 6.94. The molecule has 7 heteroatoms. The van der Waals surface area contributed by atoms with E-state index in [2.05, 4.69) is 0 Å². The van der Waals surface area contributed by atoms with E-state index in [9.17, 15) is 20.1 Å². The van der Waals surface area contributed by atoms with Gasteiger partial charge in [-0.25, -0.2) is 4.79 Å². The number of ether oxygens (including phenoxy) is 2. The van der Waals surface area contributed by atoms with E-state index in [-0.39, 0.29) is 0 Å². The highest BCUT2D eigenvalue weighted by molar-refractivity contribution is 5.92. The lowest BCUT2D eigenvalue weighted by molar-refractivity contribution is -0.285. The predicted molar refractivity (Wildman–Crippen MR) is 75.1 cm³/mol. The molecule has 0 aliphatic carbocycles. The van der Waals surface area contributed by atoms with Crippen LogP contribution in [-0.4, -0.2) is 63.7 Å². The molecule has 1 aromatic carbocycles. The Morgan fingerprint density at radius 1 is 1.14 bits per heavy atom. The van der Waals surface area contributed by atoms with Gasteiger partial charge in [-0.1, -0.05) is 18.2 Å². The van der Waals surface area contributed by atoms with Crippen molar-refractivity contribution < 1.29 is 34.7 Å². The van der Waals surface area contributed by atoms with Gasteiger partial charge < -0.3 is 29.9 Å². The van der Waals surface area contributed by atoms with E-state index in [1.54, 1.807) is 32.0 Å². The molecule has 22 heavy (non-hydrogen) atoms. The molecule has 0 aromatic heterocycles. The second-order valence-electron chi connectivity index (χ2n) is 5.37. The molecular weight excluding hydrogens is 292 g/mol. The molecule has 0 radical (unpaired) electrons. The second-order valence-corrected chi connectivity index (χ2v) is 5.37. The zero-order valence-corrected chi connectivity index (χ0v) is 12.3. The number of benzene rings is 1. The van der Waals surface area contributed by atoms with E-state index in [1.807, 2.05) is 0 Å². The SMILES string of the molecule is Cc1cccc(C)c1C(=O)O[C@@H]1O[C@H](CO)[C@@H](O)[C@H](O)[C@H]1O. The molecule has 1 heterocycles. The lowest BCUT2D eigenvalue weighted by Crippen LogP contribution is -2.59. The predicted octanol–water partition coefficient (Wildman–Crippen LogP) is -0.740. The molecule has 1 aliphatic rings. The average Bonchev–Trinajstić information content (AvgIpc) is 2.47. The number of aliphatic hydroxyl groups excluding tert-OH is 4. The summed E-state index contributed by atoms with van der Waals surface area (Å²) in [7, 11) is 0. The summed E-state index contributed by atoms with van der Waals surface area (Å²) in [5.41, 5.74) is 1.75. The Hall–Kier alpha value is -1.51. The first-order chi connectivity index (χ1) is 10.4. The van der Waals surface area contributed by atoms with Crippen LogP contribution in [-0.2, 0) is 9.47 Å². The highest BCUT2D eigenvalue weighted by atomic mass is 16.7. The van der Waals surface area contributed by atoms with Crippen molar-refractivity contribution in [2.45, 2.75) is 44.6 Å². The minimum atomic E-state index is -1.61. The third-order valence-corrected chi connectivity index (χ3v) is 3.76. The van der Waals surface area contributed by atoms with Crippen molar-refractivity contribution in [3.05, 3.63) is 34.9 Å². The summed E-state index contributed by atoms with van der Waals surface area (Å²) >= 11 is 0. The van der Waals surface area contributed by atoms with Gasteiger partial charge >= 0.3 is 5.97 Å². The highest BCUT2D eigenvalue weighted by Gasteiger charge is 2.45. The Bertz CT molecular complexity index is 522. The summed E-state index contributed by atoms with van der Waals surface area (Å²) in [6.07, 6.45) is -7.26. The van der Waals surface area contributed by atoms with Gasteiger partial charge in [0.15, 0.2) is 0 Å². The quantitative estimate of drug-likeness (QED) is 0.543. The molecule has 1 saturated heterocycles. The molecule has 1 aliphatic heterocycles. The van der Waals surface area contributed by atoms with E-state index >= 15 is 0 Å². The number of aryl methyl sites for hydroxylation is 2. The third-order valence-electron chi connectivity index (χ3n) is 3.76. The van der Waals surface area contributed by atoms with Crippen molar-refractivity contribution in [1.82, 2.24) is 0 Å². The van der Waals surface area contributed by atoms with Crippen LogP contribution in [0.4, 0.5) is 0 Å². The minimum absolute atomic E-state index is 0.347. The maximum Gasteiger partial charge on any atom is 0.341 e. The summed E-state index contributed by atoms with van der Waals surface area (Å²) in [6, 6.07) is 5.29. The van der Waals surface area contributed by atoms with Crippen LogP contribution < -0.4 is 0 Å². The van der Waals surface area contributed by atoms with Gasteiger partial charge in [0, 0.05) is 0 Å². The van der Waals surface area contributed by atoms with Crippen LogP contribution in [0.2, 0.25) is 0 Å². The zero-order valence-electron chi connectivity index (χ0n) is 12.3. The molecule has 5 atom stereocenters. The van der Waals surface area contributed by atoms with Crippen molar-refractivity contribution >= 4 is 5.97 Å².